The minimum absolute atomic E-state index is 0.0588. The van der Waals surface area contributed by atoms with E-state index in [4.69, 9.17) is 5.73 Å². The molecule has 0 aromatic carbocycles. The summed E-state index contributed by atoms with van der Waals surface area (Å²) in [4.78, 5) is 13.5. The van der Waals surface area contributed by atoms with Gasteiger partial charge in [-0.3, -0.25) is 9.69 Å². The summed E-state index contributed by atoms with van der Waals surface area (Å²) in [7, 11) is 2.12. The number of nitrogens with two attached hydrogens (primary N) is 1. The lowest BCUT2D eigenvalue weighted by Gasteiger charge is -2.24. The molecule has 0 aromatic heterocycles. The van der Waals surface area contributed by atoms with E-state index in [2.05, 4.69) is 24.2 Å². The van der Waals surface area contributed by atoms with Gasteiger partial charge in [0, 0.05) is 31.6 Å². The number of carbonyl (C=O) groups is 1. The van der Waals surface area contributed by atoms with Gasteiger partial charge in [0.25, 0.3) is 0 Å². The third-order valence-corrected chi connectivity index (χ3v) is 2.78. The summed E-state index contributed by atoms with van der Waals surface area (Å²) in [5, 5.41) is 2.89. The van der Waals surface area contributed by atoms with Crippen LogP contribution >= 0.6 is 0 Å². The first-order valence-corrected chi connectivity index (χ1v) is 5.34. The molecular weight excluding hydrogens is 178 g/mol. The number of likely N-dealkylation sites (N-methyl/N-ethyl adjacent to an activating group) is 1. The van der Waals surface area contributed by atoms with Gasteiger partial charge in [0.05, 0.1) is 0 Å². The number of rotatable bonds is 6. The standard InChI is InChI=1S/C10H21N3O/c1-8(13(2)9-3-4-9)7-12-10(14)5-6-11/h8-9H,3-7,11H2,1-2H3,(H,12,14). The predicted molar refractivity (Wildman–Crippen MR) is 56.9 cm³/mol. The second-order valence-corrected chi connectivity index (χ2v) is 4.09. The molecule has 3 N–H and O–H groups in total. The molecule has 0 aliphatic heterocycles. The molecule has 1 rings (SSSR count). The van der Waals surface area contributed by atoms with E-state index in [0.29, 0.717) is 19.0 Å². The highest BCUT2D eigenvalue weighted by Crippen LogP contribution is 2.26. The molecule has 1 atom stereocenters. The Hall–Kier alpha value is -0.610. The molecule has 0 aromatic rings. The number of carbonyl (C=O) groups excluding carboxylic acids is 1. The monoisotopic (exact) mass is 199 g/mol. The largest absolute Gasteiger partial charge is 0.355 e. The van der Waals surface area contributed by atoms with Crippen LogP contribution in [0.5, 0.6) is 0 Å². The van der Waals surface area contributed by atoms with Gasteiger partial charge in [0.15, 0.2) is 0 Å². The zero-order valence-electron chi connectivity index (χ0n) is 9.12. The fourth-order valence-electron chi connectivity index (χ4n) is 1.47. The number of hydrogen-bond donors (Lipinski definition) is 2. The van der Waals surface area contributed by atoms with Gasteiger partial charge in [-0.15, -0.1) is 0 Å². The molecule has 0 saturated heterocycles. The van der Waals surface area contributed by atoms with E-state index < -0.39 is 0 Å². The lowest BCUT2D eigenvalue weighted by molar-refractivity contribution is -0.121. The van der Waals surface area contributed by atoms with Crippen LogP contribution in [0.2, 0.25) is 0 Å². The zero-order chi connectivity index (χ0) is 10.6. The summed E-state index contributed by atoms with van der Waals surface area (Å²) in [6.45, 7) is 3.30. The second-order valence-electron chi connectivity index (χ2n) is 4.09. The molecule has 1 aliphatic rings. The predicted octanol–water partition coefficient (Wildman–Crippen LogP) is -0.0659. The van der Waals surface area contributed by atoms with Crippen LogP contribution in [0.3, 0.4) is 0 Å². The quantitative estimate of drug-likeness (QED) is 0.630. The first-order valence-electron chi connectivity index (χ1n) is 5.34. The maximum atomic E-state index is 11.1. The highest BCUT2D eigenvalue weighted by Gasteiger charge is 2.28. The van der Waals surface area contributed by atoms with E-state index in [0.717, 1.165) is 12.6 Å². The Morgan fingerprint density at radius 2 is 2.29 bits per heavy atom. The van der Waals surface area contributed by atoms with Crippen molar-refractivity contribution >= 4 is 5.91 Å². The van der Waals surface area contributed by atoms with Crippen molar-refractivity contribution in [3.8, 4) is 0 Å². The molecule has 1 amide bonds. The first-order chi connectivity index (χ1) is 6.65. The SMILES string of the molecule is CC(CNC(=O)CCN)N(C)C1CC1. The third-order valence-electron chi connectivity index (χ3n) is 2.78. The molecule has 0 radical (unpaired) electrons. The van der Waals surface area contributed by atoms with E-state index in [1.165, 1.54) is 12.8 Å². The van der Waals surface area contributed by atoms with Crippen molar-refractivity contribution in [2.24, 2.45) is 5.73 Å². The van der Waals surface area contributed by atoms with Crippen LogP contribution in [0, 0.1) is 0 Å². The summed E-state index contributed by atoms with van der Waals surface area (Å²) in [5.41, 5.74) is 5.28. The average molecular weight is 199 g/mol. The van der Waals surface area contributed by atoms with Crippen molar-refractivity contribution in [2.45, 2.75) is 38.3 Å². The van der Waals surface area contributed by atoms with E-state index in [1.807, 2.05) is 0 Å². The highest BCUT2D eigenvalue weighted by atomic mass is 16.1. The summed E-state index contributed by atoms with van der Waals surface area (Å²) >= 11 is 0. The number of amides is 1. The Kier molecular flexibility index (Phi) is 4.35. The van der Waals surface area contributed by atoms with Gasteiger partial charge in [0.1, 0.15) is 0 Å². The fourth-order valence-corrected chi connectivity index (χ4v) is 1.47. The average Bonchev–Trinajstić information content (AvgIpc) is 2.96. The van der Waals surface area contributed by atoms with Crippen LogP contribution in [0.15, 0.2) is 0 Å². The van der Waals surface area contributed by atoms with E-state index in [1.54, 1.807) is 0 Å². The Labute approximate surface area is 85.8 Å². The minimum Gasteiger partial charge on any atom is -0.355 e. The van der Waals surface area contributed by atoms with Gasteiger partial charge >= 0.3 is 0 Å². The van der Waals surface area contributed by atoms with Crippen molar-refractivity contribution in [1.82, 2.24) is 10.2 Å². The van der Waals surface area contributed by atoms with Crippen molar-refractivity contribution in [3.05, 3.63) is 0 Å². The molecule has 4 heteroatoms. The Morgan fingerprint density at radius 1 is 1.64 bits per heavy atom. The molecule has 1 fully saturated rings. The molecule has 1 saturated carbocycles. The summed E-state index contributed by atoms with van der Waals surface area (Å²) in [5.74, 6) is 0.0588. The smallest absolute Gasteiger partial charge is 0.221 e. The van der Waals surface area contributed by atoms with Gasteiger partial charge in [0.2, 0.25) is 5.91 Å². The molecule has 0 spiro atoms. The molecular formula is C10H21N3O. The normalized spacial score (nSPS) is 18.3. The van der Waals surface area contributed by atoms with E-state index in [-0.39, 0.29) is 5.91 Å². The van der Waals surface area contributed by atoms with Gasteiger partial charge in [-0.1, -0.05) is 0 Å². The molecule has 82 valence electrons. The Morgan fingerprint density at radius 3 is 2.79 bits per heavy atom. The van der Waals surface area contributed by atoms with Crippen LogP contribution in [0.1, 0.15) is 26.2 Å². The molecule has 1 unspecified atom stereocenters. The van der Waals surface area contributed by atoms with E-state index >= 15 is 0 Å². The molecule has 0 bridgehead atoms. The maximum Gasteiger partial charge on any atom is 0.221 e. The van der Waals surface area contributed by atoms with Crippen LogP contribution in [-0.4, -0.2) is 43.0 Å². The van der Waals surface area contributed by atoms with Crippen molar-refractivity contribution in [3.63, 3.8) is 0 Å². The Balaban J connectivity index is 2.13. The van der Waals surface area contributed by atoms with Crippen LogP contribution in [0.25, 0.3) is 0 Å². The van der Waals surface area contributed by atoms with Crippen molar-refractivity contribution in [1.29, 1.82) is 0 Å². The minimum atomic E-state index is 0.0588. The number of nitrogens with one attached hydrogen (secondary N) is 1. The number of hydrogen-bond acceptors (Lipinski definition) is 3. The molecule has 4 nitrogen and oxygen atoms in total. The third kappa shape index (κ3) is 3.64. The highest BCUT2D eigenvalue weighted by molar-refractivity contribution is 5.76. The fraction of sp³-hybridized carbons (Fsp3) is 0.900. The maximum absolute atomic E-state index is 11.1. The van der Waals surface area contributed by atoms with Crippen LogP contribution in [0.4, 0.5) is 0 Å². The van der Waals surface area contributed by atoms with Crippen molar-refractivity contribution < 1.29 is 4.79 Å². The van der Waals surface area contributed by atoms with Gasteiger partial charge < -0.3 is 11.1 Å². The lowest BCUT2D eigenvalue weighted by atomic mass is 10.3. The van der Waals surface area contributed by atoms with Gasteiger partial charge in [-0.25, -0.2) is 0 Å². The summed E-state index contributed by atoms with van der Waals surface area (Å²) < 4.78 is 0. The molecule has 0 heterocycles. The summed E-state index contributed by atoms with van der Waals surface area (Å²) in [6.07, 6.45) is 3.04. The van der Waals surface area contributed by atoms with Crippen molar-refractivity contribution in [2.75, 3.05) is 20.1 Å². The van der Waals surface area contributed by atoms with Gasteiger partial charge in [-0.2, -0.15) is 0 Å². The second kappa shape index (κ2) is 5.32. The zero-order valence-corrected chi connectivity index (χ0v) is 9.12. The first kappa shape index (κ1) is 11.5. The lowest BCUT2D eigenvalue weighted by Crippen LogP contribution is -2.41. The number of nitrogens with zero attached hydrogens (tertiary/aromatic N) is 1. The van der Waals surface area contributed by atoms with E-state index in [9.17, 15) is 4.79 Å². The topological polar surface area (TPSA) is 58.4 Å². The van der Waals surface area contributed by atoms with Crippen LogP contribution < -0.4 is 11.1 Å². The Bertz CT molecular complexity index is 192. The van der Waals surface area contributed by atoms with Gasteiger partial charge in [-0.05, 0) is 26.8 Å². The molecule has 14 heavy (non-hydrogen) atoms. The van der Waals surface area contributed by atoms with Crippen LogP contribution in [-0.2, 0) is 4.79 Å². The summed E-state index contributed by atoms with van der Waals surface area (Å²) in [6, 6.07) is 1.17. The molecule has 1 aliphatic carbocycles.